The van der Waals surface area contributed by atoms with Gasteiger partial charge in [0.1, 0.15) is 5.82 Å². The van der Waals surface area contributed by atoms with Gasteiger partial charge < -0.3 is 10.6 Å². The van der Waals surface area contributed by atoms with Crippen LogP contribution in [0.2, 0.25) is 0 Å². The smallest absolute Gasteiger partial charge is 0.226 e. The Morgan fingerprint density at radius 1 is 1.48 bits per heavy atom. The van der Waals surface area contributed by atoms with Crippen LogP contribution in [0.1, 0.15) is 17.5 Å². The predicted molar refractivity (Wildman–Crippen MR) is 77.3 cm³/mol. The summed E-state index contributed by atoms with van der Waals surface area (Å²) in [5.74, 6) is -0.514. The van der Waals surface area contributed by atoms with Crippen LogP contribution in [0.15, 0.2) is 30.6 Å². The summed E-state index contributed by atoms with van der Waals surface area (Å²) in [4.78, 5) is 11.9. The van der Waals surface area contributed by atoms with E-state index in [4.69, 9.17) is 0 Å². The van der Waals surface area contributed by atoms with Crippen LogP contribution in [0.5, 0.6) is 0 Å². The number of rotatable bonds is 4. The third-order valence-electron chi connectivity index (χ3n) is 3.61. The molecule has 0 spiro atoms. The molecule has 1 amide bonds. The molecule has 21 heavy (non-hydrogen) atoms. The van der Waals surface area contributed by atoms with Crippen molar-refractivity contribution in [3.05, 3.63) is 47.5 Å². The van der Waals surface area contributed by atoms with E-state index in [-0.39, 0.29) is 23.8 Å². The first-order valence-electron chi connectivity index (χ1n) is 7.02. The second-order valence-electron chi connectivity index (χ2n) is 5.06. The lowest BCUT2D eigenvalue weighted by Gasteiger charge is -2.19. The number of carbonyl (C=O) groups excluding carboxylic acids is 1. The Balaban J connectivity index is 1.65. The van der Waals surface area contributed by atoms with Crippen molar-refractivity contribution in [1.29, 1.82) is 0 Å². The SMILES string of the molecule is O=C(CCn1cccn1)Nc1ccc2c(c1F)CCNC2. The van der Waals surface area contributed by atoms with Gasteiger partial charge in [0.25, 0.3) is 0 Å². The Labute approximate surface area is 122 Å². The number of fused-ring (bicyclic) bond motifs is 1. The van der Waals surface area contributed by atoms with E-state index >= 15 is 0 Å². The Morgan fingerprint density at radius 3 is 3.19 bits per heavy atom. The van der Waals surface area contributed by atoms with Gasteiger partial charge in [0.05, 0.1) is 5.69 Å². The topological polar surface area (TPSA) is 59.0 Å². The highest BCUT2D eigenvalue weighted by Gasteiger charge is 2.17. The lowest BCUT2D eigenvalue weighted by Crippen LogP contribution is -2.25. The largest absolute Gasteiger partial charge is 0.324 e. The van der Waals surface area contributed by atoms with Crippen molar-refractivity contribution in [2.75, 3.05) is 11.9 Å². The molecule has 1 aliphatic rings. The van der Waals surface area contributed by atoms with Crippen LogP contribution in [-0.2, 0) is 24.3 Å². The molecule has 0 radical (unpaired) electrons. The first-order valence-corrected chi connectivity index (χ1v) is 7.02. The minimum Gasteiger partial charge on any atom is -0.324 e. The van der Waals surface area contributed by atoms with Crippen molar-refractivity contribution in [1.82, 2.24) is 15.1 Å². The number of benzene rings is 1. The monoisotopic (exact) mass is 288 g/mol. The lowest BCUT2D eigenvalue weighted by atomic mass is 9.99. The fourth-order valence-electron chi connectivity index (χ4n) is 2.49. The molecule has 1 aromatic carbocycles. The number of carbonyl (C=O) groups is 1. The molecule has 2 N–H and O–H groups in total. The Bertz CT molecular complexity index is 639. The van der Waals surface area contributed by atoms with Crippen LogP contribution >= 0.6 is 0 Å². The number of hydrogen-bond donors (Lipinski definition) is 2. The zero-order chi connectivity index (χ0) is 14.7. The van der Waals surface area contributed by atoms with Crippen molar-refractivity contribution in [2.45, 2.75) is 25.9 Å². The highest BCUT2D eigenvalue weighted by Crippen LogP contribution is 2.24. The minimum atomic E-state index is -0.304. The van der Waals surface area contributed by atoms with E-state index in [1.54, 1.807) is 29.2 Å². The molecule has 0 saturated heterocycles. The number of aromatic nitrogens is 2. The number of nitrogens with zero attached hydrogens (tertiary/aromatic N) is 2. The summed E-state index contributed by atoms with van der Waals surface area (Å²) in [6.45, 7) is 1.93. The van der Waals surface area contributed by atoms with Crippen LogP contribution in [0.25, 0.3) is 0 Å². The molecule has 3 rings (SSSR count). The van der Waals surface area contributed by atoms with Crippen LogP contribution < -0.4 is 10.6 Å². The van der Waals surface area contributed by atoms with Gasteiger partial charge in [0.2, 0.25) is 5.91 Å². The van der Waals surface area contributed by atoms with Crippen molar-refractivity contribution in [3.8, 4) is 0 Å². The summed E-state index contributed by atoms with van der Waals surface area (Å²) in [7, 11) is 0. The van der Waals surface area contributed by atoms with Crippen LogP contribution in [0.3, 0.4) is 0 Å². The molecule has 0 atom stereocenters. The van der Waals surface area contributed by atoms with E-state index < -0.39 is 0 Å². The maximum absolute atomic E-state index is 14.4. The second-order valence-corrected chi connectivity index (χ2v) is 5.06. The van der Waals surface area contributed by atoms with Crippen molar-refractivity contribution >= 4 is 11.6 Å². The van der Waals surface area contributed by atoms with Gasteiger partial charge in [-0.1, -0.05) is 6.07 Å². The first-order chi connectivity index (χ1) is 10.2. The Hall–Kier alpha value is -2.21. The van der Waals surface area contributed by atoms with Gasteiger partial charge in [-0.05, 0) is 36.2 Å². The summed E-state index contributed by atoms with van der Waals surface area (Å²) in [6.07, 6.45) is 4.37. The fraction of sp³-hybridized carbons (Fsp3) is 0.333. The molecule has 0 saturated carbocycles. The van der Waals surface area contributed by atoms with Crippen molar-refractivity contribution < 1.29 is 9.18 Å². The standard InChI is InChI=1S/C15H17FN4O/c16-15-12-4-7-17-10-11(12)2-3-13(15)19-14(21)5-9-20-8-1-6-18-20/h1-3,6,8,17H,4-5,7,9-10H2,(H,19,21). The Morgan fingerprint density at radius 2 is 2.38 bits per heavy atom. The molecule has 0 bridgehead atoms. The van der Waals surface area contributed by atoms with Crippen molar-refractivity contribution in [2.24, 2.45) is 0 Å². The first kappa shape index (κ1) is 13.8. The maximum Gasteiger partial charge on any atom is 0.226 e. The molecular formula is C15H17FN4O. The zero-order valence-electron chi connectivity index (χ0n) is 11.6. The quantitative estimate of drug-likeness (QED) is 0.900. The van der Waals surface area contributed by atoms with Crippen LogP contribution in [-0.4, -0.2) is 22.2 Å². The average Bonchev–Trinajstić information content (AvgIpc) is 3.02. The highest BCUT2D eigenvalue weighted by atomic mass is 19.1. The molecule has 6 heteroatoms. The lowest BCUT2D eigenvalue weighted by molar-refractivity contribution is -0.116. The fourth-order valence-corrected chi connectivity index (χ4v) is 2.49. The van der Waals surface area contributed by atoms with E-state index in [9.17, 15) is 9.18 Å². The molecule has 0 fully saturated rings. The van der Waals surface area contributed by atoms with Gasteiger partial charge in [0, 0.05) is 31.9 Å². The van der Waals surface area contributed by atoms with E-state index in [1.165, 1.54) is 0 Å². The average molecular weight is 288 g/mol. The van der Waals surface area contributed by atoms with Gasteiger partial charge in [-0.2, -0.15) is 5.10 Å². The third kappa shape index (κ3) is 3.11. The maximum atomic E-state index is 14.4. The van der Waals surface area contributed by atoms with Gasteiger partial charge in [-0.3, -0.25) is 9.48 Å². The number of aryl methyl sites for hydroxylation is 1. The minimum absolute atomic E-state index is 0.210. The molecule has 0 unspecified atom stereocenters. The highest BCUT2D eigenvalue weighted by molar-refractivity contribution is 5.91. The van der Waals surface area contributed by atoms with Gasteiger partial charge in [0.15, 0.2) is 0 Å². The number of amides is 1. The second kappa shape index (κ2) is 6.05. The summed E-state index contributed by atoms with van der Waals surface area (Å²) in [5.41, 5.74) is 1.94. The molecule has 2 aromatic rings. The van der Waals surface area contributed by atoms with Crippen LogP contribution in [0, 0.1) is 5.82 Å². The summed E-state index contributed by atoms with van der Waals surface area (Å²) < 4.78 is 16.0. The van der Waals surface area contributed by atoms with E-state index in [0.29, 0.717) is 25.1 Å². The number of halogens is 1. The number of hydrogen-bond acceptors (Lipinski definition) is 3. The van der Waals surface area contributed by atoms with Crippen LogP contribution in [0.4, 0.5) is 10.1 Å². The molecule has 1 aliphatic heterocycles. The summed E-state index contributed by atoms with van der Waals surface area (Å²) in [6, 6.07) is 5.30. The Kier molecular flexibility index (Phi) is 3.96. The van der Waals surface area contributed by atoms with Crippen molar-refractivity contribution in [3.63, 3.8) is 0 Å². The predicted octanol–water partition coefficient (Wildman–Crippen LogP) is 1.70. The molecular weight excluding hydrogens is 271 g/mol. The summed E-state index contributed by atoms with van der Waals surface area (Å²) >= 11 is 0. The number of anilines is 1. The summed E-state index contributed by atoms with van der Waals surface area (Å²) in [5, 5.41) is 9.87. The molecule has 5 nitrogen and oxygen atoms in total. The zero-order valence-corrected chi connectivity index (χ0v) is 11.6. The van der Waals surface area contributed by atoms with Gasteiger partial charge >= 0.3 is 0 Å². The molecule has 110 valence electrons. The van der Waals surface area contributed by atoms with E-state index in [0.717, 1.165) is 12.1 Å². The number of nitrogens with one attached hydrogen (secondary N) is 2. The van der Waals surface area contributed by atoms with Gasteiger partial charge in [-0.25, -0.2) is 4.39 Å². The molecule has 1 aromatic heterocycles. The third-order valence-corrected chi connectivity index (χ3v) is 3.61. The normalized spacial score (nSPS) is 13.8. The van der Waals surface area contributed by atoms with E-state index in [1.807, 2.05) is 6.07 Å². The molecule has 2 heterocycles. The van der Waals surface area contributed by atoms with Gasteiger partial charge in [-0.15, -0.1) is 0 Å². The molecule has 0 aliphatic carbocycles. The van der Waals surface area contributed by atoms with E-state index in [2.05, 4.69) is 15.7 Å².